The molecular weight excluding hydrogens is 160 g/mol. The number of methoxy groups -OCH3 is 1. The monoisotopic (exact) mass is 178 g/mol. The highest BCUT2D eigenvalue weighted by Gasteiger charge is 2.22. The van der Waals surface area contributed by atoms with E-state index in [1.54, 1.807) is 7.11 Å². The average Bonchev–Trinajstić information content (AvgIpc) is 2.03. The molecule has 0 aliphatic carbocycles. The Morgan fingerprint density at radius 1 is 1.08 bits per heavy atom. The smallest absolute Gasteiger partial charge is 0.0876 e. The van der Waals surface area contributed by atoms with Gasteiger partial charge in [-0.15, -0.1) is 0 Å². The molecule has 0 heterocycles. The normalized spacial score (nSPS) is 11.8. The molecule has 0 aliphatic rings. The standard InChI is InChI=1S/C12H18O/c1-9-7-6-8-10(2)11(9)12(3,4)13-5/h6-8H,1-5H3. The van der Waals surface area contributed by atoms with Gasteiger partial charge >= 0.3 is 0 Å². The predicted molar refractivity (Wildman–Crippen MR) is 56.0 cm³/mol. The quantitative estimate of drug-likeness (QED) is 0.675. The molecule has 0 aromatic heterocycles. The molecule has 0 radical (unpaired) electrons. The minimum Gasteiger partial charge on any atom is -0.374 e. The van der Waals surface area contributed by atoms with Crippen LogP contribution in [0.2, 0.25) is 0 Å². The van der Waals surface area contributed by atoms with Crippen LogP contribution in [0.5, 0.6) is 0 Å². The van der Waals surface area contributed by atoms with E-state index in [0.717, 1.165) is 0 Å². The predicted octanol–water partition coefficient (Wildman–Crippen LogP) is 3.18. The van der Waals surface area contributed by atoms with Gasteiger partial charge in [0.05, 0.1) is 5.60 Å². The van der Waals surface area contributed by atoms with Crippen molar-refractivity contribution in [2.75, 3.05) is 7.11 Å². The first-order valence-electron chi connectivity index (χ1n) is 4.61. The van der Waals surface area contributed by atoms with Crippen LogP contribution in [0, 0.1) is 13.8 Å². The molecule has 0 amide bonds. The Morgan fingerprint density at radius 2 is 1.54 bits per heavy atom. The molecule has 1 heteroatoms. The van der Waals surface area contributed by atoms with Crippen molar-refractivity contribution in [3.63, 3.8) is 0 Å². The van der Waals surface area contributed by atoms with Crippen molar-refractivity contribution in [2.24, 2.45) is 0 Å². The molecule has 0 saturated carbocycles. The Morgan fingerprint density at radius 3 is 1.92 bits per heavy atom. The number of benzene rings is 1. The van der Waals surface area contributed by atoms with Crippen molar-refractivity contribution in [1.29, 1.82) is 0 Å². The van der Waals surface area contributed by atoms with E-state index in [4.69, 9.17) is 4.74 Å². The second-order valence-electron chi connectivity index (χ2n) is 3.98. The van der Waals surface area contributed by atoms with Crippen molar-refractivity contribution in [2.45, 2.75) is 33.3 Å². The van der Waals surface area contributed by atoms with Crippen LogP contribution >= 0.6 is 0 Å². The topological polar surface area (TPSA) is 9.23 Å². The van der Waals surface area contributed by atoms with Gasteiger partial charge in [-0.1, -0.05) is 18.2 Å². The molecule has 0 N–H and O–H groups in total. The van der Waals surface area contributed by atoms with Crippen molar-refractivity contribution in [3.8, 4) is 0 Å². The van der Waals surface area contributed by atoms with Gasteiger partial charge in [0.25, 0.3) is 0 Å². The van der Waals surface area contributed by atoms with E-state index in [-0.39, 0.29) is 5.60 Å². The summed E-state index contributed by atoms with van der Waals surface area (Å²) in [5.74, 6) is 0. The van der Waals surface area contributed by atoms with Gasteiger partial charge in [-0.25, -0.2) is 0 Å². The van der Waals surface area contributed by atoms with Crippen molar-refractivity contribution >= 4 is 0 Å². The summed E-state index contributed by atoms with van der Waals surface area (Å²) in [4.78, 5) is 0. The van der Waals surface area contributed by atoms with Gasteiger partial charge in [0.2, 0.25) is 0 Å². The molecule has 0 unspecified atom stereocenters. The van der Waals surface area contributed by atoms with Gasteiger partial charge in [-0.2, -0.15) is 0 Å². The minimum atomic E-state index is -0.185. The van der Waals surface area contributed by atoms with E-state index < -0.39 is 0 Å². The third-order valence-electron chi connectivity index (χ3n) is 2.59. The van der Waals surface area contributed by atoms with E-state index in [9.17, 15) is 0 Å². The Labute approximate surface area is 80.7 Å². The van der Waals surface area contributed by atoms with Crippen LogP contribution in [0.15, 0.2) is 18.2 Å². The third kappa shape index (κ3) is 1.92. The van der Waals surface area contributed by atoms with Gasteiger partial charge in [0, 0.05) is 7.11 Å². The largest absolute Gasteiger partial charge is 0.374 e. The maximum Gasteiger partial charge on any atom is 0.0876 e. The number of aryl methyl sites for hydroxylation is 2. The molecule has 13 heavy (non-hydrogen) atoms. The fourth-order valence-electron chi connectivity index (χ4n) is 1.87. The van der Waals surface area contributed by atoms with Gasteiger partial charge < -0.3 is 4.74 Å². The molecule has 0 bridgehead atoms. The number of rotatable bonds is 2. The summed E-state index contributed by atoms with van der Waals surface area (Å²) in [7, 11) is 1.76. The molecule has 1 nitrogen and oxygen atoms in total. The summed E-state index contributed by atoms with van der Waals surface area (Å²) in [6.07, 6.45) is 0. The highest BCUT2D eigenvalue weighted by atomic mass is 16.5. The number of hydrogen-bond donors (Lipinski definition) is 0. The van der Waals surface area contributed by atoms with Crippen LogP contribution in [0.3, 0.4) is 0 Å². The summed E-state index contributed by atoms with van der Waals surface area (Å²) in [6.45, 7) is 8.46. The van der Waals surface area contributed by atoms with Crippen LogP contribution in [-0.4, -0.2) is 7.11 Å². The first-order valence-corrected chi connectivity index (χ1v) is 4.61. The molecule has 0 spiro atoms. The average molecular weight is 178 g/mol. The van der Waals surface area contributed by atoms with Gasteiger partial charge in [0.1, 0.15) is 0 Å². The SMILES string of the molecule is COC(C)(C)c1c(C)cccc1C. The summed E-state index contributed by atoms with van der Waals surface area (Å²) < 4.78 is 5.49. The maximum atomic E-state index is 5.49. The zero-order valence-electron chi connectivity index (χ0n) is 9.14. The van der Waals surface area contributed by atoms with Crippen LogP contribution in [-0.2, 0) is 10.3 Å². The summed E-state index contributed by atoms with van der Waals surface area (Å²) in [5, 5.41) is 0. The lowest BCUT2D eigenvalue weighted by molar-refractivity contribution is 0.0182. The van der Waals surface area contributed by atoms with E-state index in [1.165, 1.54) is 16.7 Å². The molecule has 72 valence electrons. The second kappa shape index (κ2) is 3.51. The Hall–Kier alpha value is -0.820. The van der Waals surface area contributed by atoms with Crippen LogP contribution in [0.1, 0.15) is 30.5 Å². The number of hydrogen-bond acceptors (Lipinski definition) is 1. The summed E-state index contributed by atoms with van der Waals surface area (Å²) >= 11 is 0. The van der Waals surface area contributed by atoms with Crippen LogP contribution in [0.4, 0.5) is 0 Å². The Bertz CT molecular complexity index is 280. The van der Waals surface area contributed by atoms with E-state index in [1.807, 2.05) is 0 Å². The molecular formula is C12H18O. The zero-order valence-corrected chi connectivity index (χ0v) is 9.14. The maximum absolute atomic E-state index is 5.49. The fraction of sp³-hybridized carbons (Fsp3) is 0.500. The van der Waals surface area contributed by atoms with Gasteiger partial charge in [0.15, 0.2) is 0 Å². The Balaban J connectivity index is 3.28. The molecule has 1 rings (SSSR count). The lowest BCUT2D eigenvalue weighted by Gasteiger charge is -2.27. The molecule has 0 saturated heterocycles. The van der Waals surface area contributed by atoms with Gasteiger partial charge in [-0.3, -0.25) is 0 Å². The lowest BCUT2D eigenvalue weighted by atomic mass is 9.89. The summed E-state index contributed by atoms with van der Waals surface area (Å²) in [5.41, 5.74) is 3.71. The molecule has 1 aromatic carbocycles. The minimum absolute atomic E-state index is 0.185. The zero-order chi connectivity index (χ0) is 10.1. The second-order valence-corrected chi connectivity index (χ2v) is 3.98. The fourth-order valence-corrected chi connectivity index (χ4v) is 1.87. The Kier molecular flexibility index (Phi) is 2.77. The first kappa shape index (κ1) is 10.3. The number of ether oxygens (including phenoxy) is 1. The molecule has 0 aliphatic heterocycles. The molecule has 1 aromatic rings. The highest BCUT2D eigenvalue weighted by Crippen LogP contribution is 2.29. The van der Waals surface area contributed by atoms with Crippen molar-refractivity contribution in [3.05, 3.63) is 34.9 Å². The lowest BCUT2D eigenvalue weighted by Crippen LogP contribution is -2.22. The summed E-state index contributed by atoms with van der Waals surface area (Å²) in [6, 6.07) is 6.34. The third-order valence-corrected chi connectivity index (χ3v) is 2.59. The van der Waals surface area contributed by atoms with E-state index in [0.29, 0.717) is 0 Å². The molecule has 0 fully saturated rings. The van der Waals surface area contributed by atoms with E-state index in [2.05, 4.69) is 45.9 Å². The van der Waals surface area contributed by atoms with Crippen LogP contribution in [0.25, 0.3) is 0 Å². The highest BCUT2D eigenvalue weighted by molar-refractivity contribution is 5.37. The molecule has 0 atom stereocenters. The van der Waals surface area contributed by atoms with Crippen molar-refractivity contribution in [1.82, 2.24) is 0 Å². The first-order chi connectivity index (χ1) is 5.99. The van der Waals surface area contributed by atoms with Crippen LogP contribution < -0.4 is 0 Å². The van der Waals surface area contributed by atoms with Crippen molar-refractivity contribution < 1.29 is 4.74 Å². The van der Waals surface area contributed by atoms with Gasteiger partial charge in [-0.05, 0) is 44.4 Å². The van der Waals surface area contributed by atoms with E-state index >= 15 is 0 Å².